The highest BCUT2D eigenvalue weighted by Crippen LogP contribution is 2.25. The van der Waals surface area contributed by atoms with E-state index >= 15 is 0 Å². The third kappa shape index (κ3) is 1.77. The third-order valence-electron chi connectivity index (χ3n) is 1.99. The minimum absolute atomic E-state index is 0.170. The van der Waals surface area contributed by atoms with Gasteiger partial charge in [0.2, 0.25) is 0 Å². The molecule has 78 valence electrons. The number of fused-ring (bicyclic) bond motifs is 1. The number of aromatic nitrogens is 2. The van der Waals surface area contributed by atoms with Gasteiger partial charge in [-0.05, 0) is 18.2 Å². The summed E-state index contributed by atoms with van der Waals surface area (Å²) < 4.78 is 25.8. The molecule has 0 amide bonds. The second-order valence-corrected chi connectivity index (χ2v) is 3.84. The second kappa shape index (κ2) is 3.69. The van der Waals surface area contributed by atoms with Crippen molar-refractivity contribution < 1.29 is 8.78 Å². The predicted molar refractivity (Wildman–Crippen MR) is 55.0 cm³/mol. The Kier molecular flexibility index (Phi) is 2.52. The zero-order chi connectivity index (χ0) is 11.0. The number of hydrogen-bond donors (Lipinski definition) is 1. The van der Waals surface area contributed by atoms with Gasteiger partial charge in [0.05, 0.1) is 5.39 Å². The van der Waals surface area contributed by atoms with E-state index in [1.54, 1.807) is 6.07 Å². The van der Waals surface area contributed by atoms with Crippen molar-refractivity contribution >= 4 is 26.7 Å². The Labute approximate surface area is 91.2 Å². The Morgan fingerprint density at radius 3 is 2.73 bits per heavy atom. The molecule has 2 aromatic rings. The Morgan fingerprint density at radius 1 is 1.33 bits per heavy atom. The van der Waals surface area contributed by atoms with Gasteiger partial charge in [0, 0.05) is 9.86 Å². The van der Waals surface area contributed by atoms with Crippen LogP contribution in [0.1, 0.15) is 12.1 Å². The van der Waals surface area contributed by atoms with Crippen molar-refractivity contribution in [2.24, 2.45) is 0 Å². The molecule has 1 aromatic heterocycles. The first-order valence-electron chi connectivity index (χ1n) is 4.05. The van der Waals surface area contributed by atoms with Gasteiger partial charge in [0.25, 0.3) is 12.0 Å². The summed E-state index contributed by atoms with van der Waals surface area (Å²) in [5.41, 5.74) is -0.882. The summed E-state index contributed by atoms with van der Waals surface area (Å²) in [7, 11) is 0. The van der Waals surface area contributed by atoms with Gasteiger partial charge in [-0.25, -0.2) is 13.9 Å². The standard InChI is InChI=1S/C9H5BrF2N2O/c10-4-1-2-5-6(3-4)7(8(11)12)13-14-9(5)15/h1-3,8H,(H,14,15). The van der Waals surface area contributed by atoms with Crippen LogP contribution in [-0.4, -0.2) is 10.2 Å². The van der Waals surface area contributed by atoms with E-state index in [4.69, 9.17) is 0 Å². The van der Waals surface area contributed by atoms with E-state index in [-0.39, 0.29) is 10.8 Å². The molecule has 1 aromatic carbocycles. The zero-order valence-corrected chi connectivity index (χ0v) is 8.88. The Balaban J connectivity index is 2.90. The molecule has 0 saturated heterocycles. The van der Waals surface area contributed by atoms with Crippen LogP contribution in [0.15, 0.2) is 27.5 Å². The molecule has 0 aliphatic heterocycles. The Hall–Kier alpha value is -1.30. The van der Waals surface area contributed by atoms with Gasteiger partial charge in [-0.15, -0.1) is 0 Å². The van der Waals surface area contributed by atoms with E-state index in [1.807, 2.05) is 5.10 Å². The van der Waals surface area contributed by atoms with Crippen molar-refractivity contribution in [2.75, 3.05) is 0 Å². The highest BCUT2D eigenvalue weighted by Gasteiger charge is 2.15. The van der Waals surface area contributed by atoms with Crippen LogP contribution in [-0.2, 0) is 0 Å². The van der Waals surface area contributed by atoms with Crippen molar-refractivity contribution in [3.8, 4) is 0 Å². The quantitative estimate of drug-likeness (QED) is 0.869. The van der Waals surface area contributed by atoms with E-state index < -0.39 is 17.7 Å². The van der Waals surface area contributed by atoms with Crippen LogP contribution in [0, 0.1) is 0 Å². The number of alkyl halides is 2. The topological polar surface area (TPSA) is 45.8 Å². The predicted octanol–water partition coefficient (Wildman–Crippen LogP) is 2.62. The average molecular weight is 275 g/mol. The summed E-state index contributed by atoms with van der Waals surface area (Å²) in [5.74, 6) is 0. The van der Waals surface area contributed by atoms with Crippen molar-refractivity contribution in [1.29, 1.82) is 0 Å². The summed E-state index contributed by atoms with van der Waals surface area (Å²) >= 11 is 3.16. The average Bonchev–Trinajstić information content (AvgIpc) is 2.17. The van der Waals surface area contributed by atoms with Gasteiger partial charge < -0.3 is 0 Å². The normalized spacial score (nSPS) is 11.2. The zero-order valence-electron chi connectivity index (χ0n) is 7.30. The van der Waals surface area contributed by atoms with E-state index in [1.165, 1.54) is 12.1 Å². The lowest BCUT2D eigenvalue weighted by atomic mass is 10.1. The largest absolute Gasteiger partial charge is 0.282 e. The molecule has 2 rings (SSSR count). The molecule has 0 radical (unpaired) electrons. The van der Waals surface area contributed by atoms with Crippen LogP contribution in [0.2, 0.25) is 0 Å². The number of hydrogen-bond acceptors (Lipinski definition) is 2. The van der Waals surface area contributed by atoms with Crippen LogP contribution in [0.5, 0.6) is 0 Å². The first-order valence-corrected chi connectivity index (χ1v) is 4.85. The van der Waals surface area contributed by atoms with Crippen LogP contribution in [0.4, 0.5) is 8.78 Å². The van der Waals surface area contributed by atoms with E-state index in [0.717, 1.165) is 0 Å². The molecule has 0 bridgehead atoms. The van der Waals surface area contributed by atoms with E-state index in [0.29, 0.717) is 4.47 Å². The Bertz CT molecular complexity index is 568. The number of halogens is 3. The molecule has 6 heteroatoms. The summed E-state index contributed by atoms with van der Waals surface area (Å²) in [6.07, 6.45) is -2.71. The van der Waals surface area contributed by atoms with Gasteiger partial charge in [-0.3, -0.25) is 4.79 Å². The van der Waals surface area contributed by atoms with Crippen molar-refractivity contribution in [3.63, 3.8) is 0 Å². The smallest absolute Gasteiger partial charge is 0.267 e. The van der Waals surface area contributed by atoms with E-state index in [2.05, 4.69) is 21.0 Å². The molecule has 0 aliphatic carbocycles. The maximum atomic E-state index is 12.6. The molecule has 15 heavy (non-hydrogen) atoms. The number of nitrogens with one attached hydrogen (secondary N) is 1. The molecule has 1 heterocycles. The summed E-state index contributed by atoms with van der Waals surface area (Å²) in [6, 6.07) is 4.55. The highest BCUT2D eigenvalue weighted by molar-refractivity contribution is 9.10. The van der Waals surface area contributed by atoms with Crippen molar-refractivity contribution in [2.45, 2.75) is 6.43 Å². The minimum atomic E-state index is -2.71. The monoisotopic (exact) mass is 274 g/mol. The minimum Gasteiger partial charge on any atom is -0.267 e. The lowest BCUT2D eigenvalue weighted by molar-refractivity contribution is 0.146. The number of rotatable bonds is 1. The Morgan fingerprint density at radius 2 is 2.07 bits per heavy atom. The first kappa shape index (κ1) is 10.2. The van der Waals surface area contributed by atoms with Gasteiger partial charge in [0.15, 0.2) is 0 Å². The van der Waals surface area contributed by atoms with Crippen LogP contribution in [0.3, 0.4) is 0 Å². The first-order chi connectivity index (χ1) is 7.09. The number of benzene rings is 1. The second-order valence-electron chi connectivity index (χ2n) is 2.93. The fourth-order valence-electron chi connectivity index (χ4n) is 1.32. The number of H-pyrrole nitrogens is 1. The van der Waals surface area contributed by atoms with Gasteiger partial charge in [0.1, 0.15) is 5.69 Å². The molecule has 0 saturated carbocycles. The molecule has 0 spiro atoms. The molecule has 3 nitrogen and oxygen atoms in total. The third-order valence-corrected chi connectivity index (χ3v) is 2.48. The fraction of sp³-hybridized carbons (Fsp3) is 0.111. The SMILES string of the molecule is O=c1[nH]nc(C(F)F)c2cc(Br)ccc12. The van der Waals surface area contributed by atoms with E-state index in [9.17, 15) is 13.6 Å². The number of aromatic amines is 1. The fourth-order valence-corrected chi connectivity index (χ4v) is 1.69. The maximum absolute atomic E-state index is 12.6. The van der Waals surface area contributed by atoms with Crippen LogP contribution < -0.4 is 5.56 Å². The lowest BCUT2D eigenvalue weighted by Gasteiger charge is -2.03. The van der Waals surface area contributed by atoms with Crippen molar-refractivity contribution in [1.82, 2.24) is 10.2 Å². The summed E-state index contributed by atoms with van der Waals surface area (Å²) in [4.78, 5) is 11.3. The van der Waals surface area contributed by atoms with Gasteiger partial charge >= 0.3 is 0 Å². The summed E-state index contributed by atoms with van der Waals surface area (Å²) in [5, 5.41) is 5.76. The molecular formula is C9H5BrF2N2O. The number of nitrogens with zero attached hydrogens (tertiary/aromatic N) is 1. The molecule has 1 N–H and O–H groups in total. The molecular weight excluding hydrogens is 270 g/mol. The van der Waals surface area contributed by atoms with Gasteiger partial charge in [-0.1, -0.05) is 15.9 Å². The van der Waals surface area contributed by atoms with Crippen LogP contribution in [0.25, 0.3) is 10.8 Å². The van der Waals surface area contributed by atoms with Crippen molar-refractivity contribution in [3.05, 3.63) is 38.7 Å². The van der Waals surface area contributed by atoms with Crippen LogP contribution >= 0.6 is 15.9 Å². The molecule has 0 aliphatic rings. The molecule has 0 unspecified atom stereocenters. The summed E-state index contributed by atoms with van der Waals surface area (Å²) in [6.45, 7) is 0. The molecule has 0 fully saturated rings. The lowest BCUT2D eigenvalue weighted by Crippen LogP contribution is -2.11. The highest BCUT2D eigenvalue weighted by atomic mass is 79.9. The molecule has 0 atom stereocenters. The van der Waals surface area contributed by atoms with Gasteiger partial charge in [-0.2, -0.15) is 5.10 Å². The maximum Gasteiger partial charge on any atom is 0.282 e.